The molecule has 0 spiro atoms. The fourth-order valence-corrected chi connectivity index (χ4v) is 2.07. The van der Waals surface area contributed by atoms with Crippen LogP contribution in [0.5, 0.6) is 0 Å². The molecule has 1 aliphatic rings. The lowest BCUT2D eigenvalue weighted by atomic mass is 10.0. The van der Waals surface area contributed by atoms with E-state index in [-0.39, 0.29) is 7.43 Å². The zero-order chi connectivity index (χ0) is 12.0. The minimum absolute atomic E-state index is 0. The van der Waals surface area contributed by atoms with E-state index in [2.05, 4.69) is 50.9 Å². The van der Waals surface area contributed by atoms with Gasteiger partial charge in [0.25, 0.3) is 0 Å². The molecule has 2 rings (SSSR count). The highest BCUT2D eigenvalue weighted by Crippen LogP contribution is 2.18. The van der Waals surface area contributed by atoms with Gasteiger partial charge in [-0.1, -0.05) is 58.9 Å². The first kappa shape index (κ1) is 16.1. The molecule has 0 radical (unpaired) electrons. The molecule has 0 fully saturated rings. The summed E-state index contributed by atoms with van der Waals surface area (Å²) in [6, 6.07) is 0. The largest absolute Gasteiger partial charge is 0.249 e. The van der Waals surface area contributed by atoms with E-state index in [1.165, 1.54) is 11.4 Å². The quantitative estimate of drug-likeness (QED) is 0.683. The molecule has 0 saturated carbocycles. The van der Waals surface area contributed by atoms with Gasteiger partial charge in [0, 0.05) is 17.5 Å². The number of nitrogens with zero attached hydrogens (tertiary/aromatic N) is 1. The molecule has 1 nitrogen and oxygen atoms in total. The van der Waals surface area contributed by atoms with E-state index in [4.69, 9.17) is 0 Å². The van der Waals surface area contributed by atoms with Gasteiger partial charge in [-0.2, -0.15) is 0 Å². The average Bonchev–Trinajstić information content (AvgIpc) is 2.93. The Kier molecular flexibility index (Phi) is 7.81. The molecule has 0 amide bonds. The SMILES string of the molecule is C.CC(C)C1=CC=CC1.CC(C)c1nccs1. The topological polar surface area (TPSA) is 12.9 Å². The second-order valence-electron chi connectivity index (χ2n) is 4.55. The summed E-state index contributed by atoms with van der Waals surface area (Å²) < 4.78 is 0. The van der Waals surface area contributed by atoms with E-state index < -0.39 is 0 Å². The molecule has 0 aliphatic heterocycles. The minimum atomic E-state index is 0. The molecule has 0 saturated heterocycles. The Morgan fingerprint density at radius 2 is 1.88 bits per heavy atom. The van der Waals surface area contributed by atoms with Crippen LogP contribution >= 0.6 is 11.3 Å². The van der Waals surface area contributed by atoms with Gasteiger partial charge in [0.15, 0.2) is 0 Å². The summed E-state index contributed by atoms with van der Waals surface area (Å²) in [4.78, 5) is 4.13. The highest BCUT2D eigenvalue weighted by atomic mass is 32.1. The second kappa shape index (κ2) is 8.24. The molecule has 2 heteroatoms. The van der Waals surface area contributed by atoms with Crippen molar-refractivity contribution in [3.05, 3.63) is 40.4 Å². The average molecular weight is 251 g/mol. The second-order valence-corrected chi connectivity index (χ2v) is 5.48. The molecule has 0 N–H and O–H groups in total. The number of hydrogen-bond acceptors (Lipinski definition) is 2. The van der Waals surface area contributed by atoms with Gasteiger partial charge >= 0.3 is 0 Å². The Balaban J connectivity index is 0.000000284. The molecule has 0 unspecified atom stereocenters. The van der Waals surface area contributed by atoms with Crippen LogP contribution < -0.4 is 0 Å². The van der Waals surface area contributed by atoms with Crippen LogP contribution in [0.4, 0.5) is 0 Å². The van der Waals surface area contributed by atoms with Gasteiger partial charge in [0.05, 0.1) is 5.01 Å². The van der Waals surface area contributed by atoms with Gasteiger partial charge in [-0.25, -0.2) is 4.98 Å². The normalized spacial score (nSPS) is 13.2. The maximum Gasteiger partial charge on any atom is 0.0950 e. The molecule has 0 atom stereocenters. The molecule has 96 valence electrons. The molecule has 17 heavy (non-hydrogen) atoms. The summed E-state index contributed by atoms with van der Waals surface area (Å²) in [6.45, 7) is 8.77. The monoisotopic (exact) mass is 251 g/mol. The molecule has 0 bridgehead atoms. The van der Waals surface area contributed by atoms with Crippen molar-refractivity contribution in [1.29, 1.82) is 0 Å². The molecule has 1 aromatic rings. The van der Waals surface area contributed by atoms with Gasteiger partial charge in [-0.3, -0.25) is 0 Å². The van der Waals surface area contributed by atoms with E-state index in [0.717, 1.165) is 5.92 Å². The third-order valence-corrected chi connectivity index (χ3v) is 3.56. The fourth-order valence-electron chi connectivity index (χ4n) is 1.41. The van der Waals surface area contributed by atoms with E-state index in [0.29, 0.717) is 5.92 Å². The van der Waals surface area contributed by atoms with Gasteiger partial charge in [0.2, 0.25) is 0 Å². The van der Waals surface area contributed by atoms with E-state index in [1.807, 2.05) is 11.6 Å². The van der Waals surface area contributed by atoms with Crippen molar-refractivity contribution in [3.63, 3.8) is 0 Å². The van der Waals surface area contributed by atoms with Crippen LogP contribution in [-0.4, -0.2) is 4.98 Å². The molecular weight excluding hydrogens is 226 g/mol. The van der Waals surface area contributed by atoms with Crippen LogP contribution in [0.1, 0.15) is 52.5 Å². The molecule has 1 aliphatic carbocycles. The predicted octanol–water partition coefficient (Wildman–Crippen LogP) is 5.43. The van der Waals surface area contributed by atoms with Gasteiger partial charge in [-0.05, 0) is 12.3 Å². The van der Waals surface area contributed by atoms with E-state index >= 15 is 0 Å². The Bertz CT molecular complexity index is 345. The number of thiazole rings is 1. The van der Waals surface area contributed by atoms with Crippen molar-refractivity contribution in [2.75, 3.05) is 0 Å². The van der Waals surface area contributed by atoms with E-state index in [9.17, 15) is 0 Å². The van der Waals surface area contributed by atoms with Crippen molar-refractivity contribution in [3.8, 4) is 0 Å². The Morgan fingerprint density at radius 1 is 1.18 bits per heavy atom. The minimum Gasteiger partial charge on any atom is -0.249 e. The summed E-state index contributed by atoms with van der Waals surface area (Å²) >= 11 is 1.72. The van der Waals surface area contributed by atoms with Crippen LogP contribution in [0.2, 0.25) is 0 Å². The zero-order valence-electron chi connectivity index (χ0n) is 10.6. The Labute approximate surface area is 110 Å². The van der Waals surface area contributed by atoms with Gasteiger partial charge in [0.1, 0.15) is 0 Å². The lowest BCUT2D eigenvalue weighted by molar-refractivity contribution is 0.753. The molecular formula is C15H25NS. The van der Waals surface area contributed by atoms with E-state index in [1.54, 1.807) is 16.9 Å². The third-order valence-electron chi connectivity index (χ3n) is 2.49. The van der Waals surface area contributed by atoms with Crippen molar-refractivity contribution in [2.24, 2.45) is 5.92 Å². The highest BCUT2D eigenvalue weighted by molar-refractivity contribution is 7.09. The fraction of sp³-hybridized carbons (Fsp3) is 0.533. The van der Waals surface area contributed by atoms with Gasteiger partial charge in [-0.15, -0.1) is 11.3 Å². The van der Waals surface area contributed by atoms with Crippen LogP contribution in [0.3, 0.4) is 0 Å². The first-order chi connectivity index (χ1) is 7.61. The van der Waals surface area contributed by atoms with Crippen LogP contribution in [0, 0.1) is 5.92 Å². The summed E-state index contributed by atoms with van der Waals surface area (Å²) in [6.07, 6.45) is 9.58. The van der Waals surface area contributed by atoms with Crippen molar-refractivity contribution in [1.82, 2.24) is 4.98 Å². The highest BCUT2D eigenvalue weighted by Gasteiger charge is 2.01. The van der Waals surface area contributed by atoms with Crippen molar-refractivity contribution < 1.29 is 0 Å². The summed E-state index contributed by atoms with van der Waals surface area (Å²) in [5, 5.41) is 3.24. The van der Waals surface area contributed by atoms with Crippen LogP contribution in [0.25, 0.3) is 0 Å². The van der Waals surface area contributed by atoms with Crippen molar-refractivity contribution in [2.45, 2.75) is 47.5 Å². The molecule has 1 aromatic heterocycles. The smallest absolute Gasteiger partial charge is 0.0950 e. The number of hydrogen-bond donors (Lipinski definition) is 0. The summed E-state index contributed by atoms with van der Waals surface area (Å²) in [5.74, 6) is 1.33. The number of aromatic nitrogens is 1. The first-order valence-electron chi connectivity index (χ1n) is 5.86. The molecule has 1 heterocycles. The third kappa shape index (κ3) is 5.83. The van der Waals surface area contributed by atoms with Crippen molar-refractivity contribution >= 4 is 11.3 Å². The van der Waals surface area contributed by atoms with Gasteiger partial charge < -0.3 is 0 Å². The summed E-state index contributed by atoms with van der Waals surface area (Å²) in [7, 11) is 0. The lowest BCUT2D eigenvalue weighted by Crippen LogP contribution is -1.88. The van der Waals surface area contributed by atoms with Crippen LogP contribution in [0.15, 0.2) is 35.4 Å². The first-order valence-corrected chi connectivity index (χ1v) is 6.74. The number of rotatable bonds is 2. The lowest BCUT2D eigenvalue weighted by Gasteiger charge is -2.02. The maximum absolute atomic E-state index is 4.13. The maximum atomic E-state index is 4.13. The predicted molar refractivity (Wildman–Crippen MR) is 79.6 cm³/mol. The molecule has 0 aromatic carbocycles. The standard InChI is InChI=1S/C8H12.C6H9NS.CH4/c1-7(2)8-5-3-4-6-8;1-5(2)6-7-3-4-8-6;/h3-5,7H,6H2,1-2H3;3-5H,1-2H3;1H4. The Morgan fingerprint density at radius 3 is 2.12 bits per heavy atom. The van der Waals surface area contributed by atoms with Crippen LogP contribution in [-0.2, 0) is 0 Å². The number of allylic oxidation sites excluding steroid dienone is 4. The zero-order valence-corrected chi connectivity index (χ0v) is 11.4. The Hall–Kier alpha value is -0.890. The summed E-state index contributed by atoms with van der Waals surface area (Å²) in [5.41, 5.74) is 1.56.